The molecule has 2 aromatic carbocycles. The molecule has 2 aromatic rings. The molecule has 1 N–H and O–H groups in total. The maximum Gasteiger partial charge on any atom is 0.246 e. The Balaban J connectivity index is 1.68. The highest BCUT2D eigenvalue weighted by Crippen LogP contribution is 2.27. The van der Waals surface area contributed by atoms with Gasteiger partial charge in [0.05, 0.1) is 6.54 Å². The summed E-state index contributed by atoms with van der Waals surface area (Å²) < 4.78 is 0. The molecule has 3 rings (SSSR count). The Bertz CT molecular complexity index is 651. The fourth-order valence-electron chi connectivity index (χ4n) is 2.86. The van der Waals surface area contributed by atoms with Crippen molar-refractivity contribution in [3.8, 4) is 0 Å². The lowest BCUT2D eigenvalue weighted by molar-refractivity contribution is -0.116. The molecule has 0 radical (unpaired) electrons. The summed E-state index contributed by atoms with van der Waals surface area (Å²) in [4.78, 5) is 14.3. The molecule has 108 valence electrons. The summed E-state index contributed by atoms with van der Waals surface area (Å²) in [5.74, 6) is 0.130. The zero-order valence-electron chi connectivity index (χ0n) is 12.3. The van der Waals surface area contributed by atoms with Crippen LogP contribution in [0.2, 0.25) is 0 Å². The molecular weight excluding hydrogens is 260 g/mol. The second-order valence-electron chi connectivity index (χ2n) is 5.29. The summed E-state index contributed by atoms with van der Waals surface area (Å²) in [5.41, 5.74) is 4.63. The third-order valence-electron chi connectivity index (χ3n) is 4.02. The summed E-state index contributed by atoms with van der Waals surface area (Å²) in [6.07, 6.45) is 1.91. The van der Waals surface area contributed by atoms with Crippen LogP contribution < -0.4 is 10.2 Å². The zero-order valence-corrected chi connectivity index (χ0v) is 12.3. The van der Waals surface area contributed by atoms with Crippen molar-refractivity contribution in [2.75, 3.05) is 23.3 Å². The van der Waals surface area contributed by atoms with Gasteiger partial charge in [-0.2, -0.15) is 0 Å². The third kappa shape index (κ3) is 2.77. The normalized spacial score (nSPS) is 13.1. The van der Waals surface area contributed by atoms with Gasteiger partial charge in [0.25, 0.3) is 0 Å². The van der Waals surface area contributed by atoms with Crippen LogP contribution in [-0.4, -0.2) is 19.0 Å². The van der Waals surface area contributed by atoms with Crippen LogP contribution >= 0.6 is 0 Å². The van der Waals surface area contributed by atoms with Gasteiger partial charge in [0, 0.05) is 17.9 Å². The minimum atomic E-state index is 0.130. The van der Waals surface area contributed by atoms with Crippen molar-refractivity contribution in [2.45, 2.75) is 19.8 Å². The first-order valence-corrected chi connectivity index (χ1v) is 7.49. The molecule has 0 unspecified atom stereocenters. The van der Waals surface area contributed by atoms with Crippen molar-refractivity contribution in [3.63, 3.8) is 0 Å². The summed E-state index contributed by atoms with van der Waals surface area (Å²) in [6, 6.07) is 16.3. The zero-order chi connectivity index (χ0) is 14.7. The van der Waals surface area contributed by atoms with E-state index in [4.69, 9.17) is 0 Å². The maximum atomic E-state index is 12.4. The van der Waals surface area contributed by atoms with Gasteiger partial charge in [-0.05, 0) is 36.1 Å². The van der Waals surface area contributed by atoms with Gasteiger partial charge in [-0.25, -0.2) is 0 Å². The molecule has 0 spiro atoms. The van der Waals surface area contributed by atoms with E-state index in [0.717, 1.165) is 30.8 Å². The van der Waals surface area contributed by atoms with E-state index in [-0.39, 0.29) is 5.91 Å². The van der Waals surface area contributed by atoms with Crippen LogP contribution in [0.4, 0.5) is 11.4 Å². The monoisotopic (exact) mass is 280 g/mol. The van der Waals surface area contributed by atoms with E-state index in [9.17, 15) is 4.79 Å². The van der Waals surface area contributed by atoms with Crippen LogP contribution in [0.1, 0.15) is 18.1 Å². The molecule has 1 aliphatic heterocycles. The Kier molecular flexibility index (Phi) is 3.91. The molecule has 1 amide bonds. The largest absolute Gasteiger partial charge is 0.376 e. The van der Waals surface area contributed by atoms with E-state index in [0.29, 0.717) is 6.54 Å². The first-order valence-electron chi connectivity index (χ1n) is 7.49. The fourth-order valence-corrected chi connectivity index (χ4v) is 2.86. The fraction of sp³-hybridized carbons (Fsp3) is 0.278. The number of anilines is 2. The van der Waals surface area contributed by atoms with E-state index < -0.39 is 0 Å². The average Bonchev–Trinajstić information content (AvgIpc) is 2.97. The second kappa shape index (κ2) is 6.00. The first kappa shape index (κ1) is 13.7. The molecule has 0 aromatic heterocycles. The first-order chi connectivity index (χ1) is 10.3. The van der Waals surface area contributed by atoms with Crippen LogP contribution in [0.25, 0.3) is 0 Å². The maximum absolute atomic E-state index is 12.4. The van der Waals surface area contributed by atoms with Crippen molar-refractivity contribution >= 4 is 17.3 Å². The molecule has 1 heterocycles. The van der Waals surface area contributed by atoms with Crippen LogP contribution in [-0.2, 0) is 17.6 Å². The van der Waals surface area contributed by atoms with Gasteiger partial charge in [-0.15, -0.1) is 0 Å². The van der Waals surface area contributed by atoms with Gasteiger partial charge in [0.15, 0.2) is 0 Å². The minimum absolute atomic E-state index is 0.130. The summed E-state index contributed by atoms with van der Waals surface area (Å²) in [5, 5.41) is 3.28. The lowest BCUT2D eigenvalue weighted by Gasteiger charge is -2.18. The van der Waals surface area contributed by atoms with Crippen LogP contribution in [0.15, 0.2) is 48.5 Å². The SMILES string of the molecule is CCc1ccccc1NCC(=O)N1CCc2ccccc21. The van der Waals surface area contributed by atoms with E-state index in [1.165, 1.54) is 11.1 Å². The quantitative estimate of drug-likeness (QED) is 0.932. The Morgan fingerprint density at radius 1 is 1.14 bits per heavy atom. The number of hydrogen-bond acceptors (Lipinski definition) is 2. The number of hydrogen-bond donors (Lipinski definition) is 1. The number of carbonyl (C=O) groups is 1. The number of rotatable bonds is 4. The number of fused-ring (bicyclic) bond motifs is 1. The van der Waals surface area contributed by atoms with E-state index >= 15 is 0 Å². The molecule has 1 aliphatic rings. The molecule has 0 fully saturated rings. The molecule has 0 bridgehead atoms. The average molecular weight is 280 g/mol. The lowest BCUT2D eigenvalue weighted by Crippen LogP contribution is -2.34. The van der Waals surface area contributed by atoms with E-state index in [1.54, 1.807) is 0 Å². The molecule has 0 saturated carbocycles. The summed E-state index contributed by atoms with van der Waals surface area (Å²) in [7, 11) is 0. The van der Waals surface area contributed by atoms with Crippen LogP contribution in [0, 0.1) is 0 Å². The van der Waals surface area contributed by atoms with Crippen molar-refractivity contribution in [3.05, 3.63) is 59.7 Å². The van der Waals surface area contributed by atoms with Gasteiger partial charge in [-0.3, -0.25) is 4.79 Å². The predicted octanol–water partition coefficient (Wildman–Crippen LogP) is 3.25. The number of para-hydroxylation sites is 2. The van der Waals surface area contributed by atoms with Gasteiger partial charge >= 0.3 is 0 Å². The highest BCUT2D eigenvalue weighted by atomic mass is 16.2. The number of amides is 1. The Hall–Kier alpha value is -2.29. The molecule has 0 saturated heterocycles. The van der Waals surface area contributed by atoms with Gasteiger partial charge in [0.2, 0.25) is 5.91 Å². The Morgan fingerprint density at radius 2 is 1.90 bits per heavy atom. The van der Waals surface area contributed by atoms with Crippen LogP contribution in [0.3, 0.4) is 0 Å². The van der Waals surface area contributed by atoms with Crippen molar-refractivity contribution in [2.24, 2.45) is 0 Å². The lowest BCUT2D eigenvalue weighted by atomic mass is 10.1. The van der Waals surface area contributed by atoms with Crippen molar-refractivity contribution in [1.29, 1.82) is 0 Å². The molecule has 0 aliphatic carbocycles. The highest BCUT2D eigenvalue weighted by Gasteiger charge is 2.23. The van der Waals surface area contributed by atoms with Gasteiger partial charge in [-0.1, -0.05) is 43.3 Å². The second-order valence-corrected chi connectivity index (χ2v) is 5.29. The topological polar surface area (TPSA) is 32.3 Å². The predicted molar refractivity (Wildman–Crippen MR) is 86.8 cm³/mol. The third-order valence-corrected chi connectivity index (χ3v) is 4.02. The Morgan fingerprint density at radius 3 is 2.76 bits per heavy atom. The van der Waals surface area contributed by atoms with Crippen molar-refractivity contribution < 1.29 is 4.79 Å². The standard InChI is InChI=1S/C18H20N2O/c1-2-14-7-3-5-9-16(14)19-13-18(21)20-12-11-15-8-4-6-10-17(15)20/h3-10,19H,2,11-13H2,1H3. The van der Waals surface area contributed by atoms with Crippen LogP contribution in [0.5, 0.6) is 0 Å². The number of carbonyl (C=O) groups excluding carboxylic acids is 1. The number of benzene rings is 2. The molecular formula is C18H20N2O. The van der Waals surface area contributed by atoms with Crippen molar-refractivity contribution in [1.82, 2.24) is 0 Å². The van der Waals surface area contributed by atoms with E-state index in [2.05, 4.69) is 24.4 Å². The smallest absolute Gasteiger partial charge is 0.246 e. The highest BCUT2D eigenvalue weighted by molar-refractivity contribution is 5.98. The minimum Gasteiger partial charge on any atom is -0.376 e. The van der Waals surface area contributed by atoms with E-state index in [1.807, 2.05) is 41.3 Å². The molecule has 21 heavy (non-hydrogen) atoms. The van der Waals surface area contributed by atoms with Gasteiger partial charge in [0.1, 0.15) is 0 Å². The molecule has 3 heteroatoms. The molecule has 3 nitrogen and oxygen atoms in total. The Labute approximate surface area is 125 Å². The number of nitrogens with zero attached hydrogens (tertiary/aromatic N) is 1. The number of nitrogens with one attached hydrogen (secondary N) is 1. The number of aryl methyl sites for hydroxylation is 1. The van der Waals surface area contributed by atoms with Gasteiger partial charge < -0.3 is 10.2 Å². The summed E-state index contributed by atoms with van der Waals surface area (Å²) in [6.45, 7) is 3.25. The molecule has 0 atom stereocenters. The summed E-state index contributed by atoms with van der Waals surface area (Å²) >= 11 is 0.